The molecule has 4 rings (SSSR count). The highest BCUT2D eigenvalue weighted by molar-refractivity contribution is 5.79. The quantitative estimate of drug-likeness (QED) is 0.716. The molecule has 0 spiro atoms. The van der Waals surface area contributed by atoms with Gasteiger partial charge in [0.15, 0.2) is 0 Å². The summed E-state index contributed by atoms with van der Waals surface area (Å²) in [6.45, 7) is 0.465. The summed E-state index contributed by atoms with van der Waals surface area (Å²) < 4.78 is 5.42. The number of amides is 1. The van der Waals surface area contributed by atoms with Crippen LogP contribution >= 0.6 is 0 Å². The average Bonchev–Trinajstić information content (AvgIpc) is 3.30. The van der Waals surface area contributed by atoms with Crippen molar-refractivity contribution in [2.75, 3.05) is 13.2 Å². The van der Waals surface area contributed by atoms with Crippen molar-refractivity contribution in [3.8, 4) is 23.0 Å². The first kappa shape index (κ1) is 15.9. The van der Waals surface area contributed by atoms with E-state index in [4.69, 9.17) is 4.74 Å². The number of alkyl carbamates (subject to hydrolysis) is 1. The third kappa shape index (κ3) is 3.15. The fraction of sp³-hybridized carbons (Fsp3) is 0.150. The van der Waals surface area contributed by atoms with Crippen molar-refractivity contribution in [2.24, 2.45) is 0 Å². The highest BCUT2D eigenvalue weighted by atomic mass is 16.5. The summed E-state index contributed by atoms with van der Waals surface area (Å²) in [4.78, 5) is 15.8. The van der Waals surface area contributed by atoms with Gasteiger partial charge >= 0.3 is 6.09 Å². The van der Waals surface area contributed by atoms with Gasteiger partial charge in [-0.15, -0.1) is 0 Å². The largest absolute Gasteiger partial charge is 0.449 e. The predicted octanol–water partition coefficient (Wildman–Crippen LogP) is 2.69. The molecule has 1 heterocycles. The maximum atomic E-state index is 11.9. The Hall–Kier alpha value is -3.59. The molecule has 0 saturated carbocycles. The van der Waals surface area contributed by atoms with Crippen molar-refractivity contribution >= 4 is 6.09 Å². The molecule has 0 saturated heterocycles. The lowest BCUT2D eigenvalue weighted by Crippen LogP contribution is -2.26. The molecule has 2 N–H and O–H groups in total. The van der Waals surface area contributed by atoms with Crippen LogP contribution in [0.4, 0.5) is 4.79 Å². The number of aromatic nitrogens is 3. The second-order valence-electron chi connectivity index (χ2n) is 5.81. The van der Waals surface area contributed by atoms with Gasteiger partial charge in [0, 0.05) is 5.92 Å². The van der Waals surface area contributed by atoms with E-state index in [1.807, 2.05) is 24.3 Å². The van der Waals surface area contributed by atoms with Crippen LogP contribution in [0.1, 0.15) is 22.9 Å². The summed E-state index contributed by atoms with van der Waals surface area (Å²) in [5, 5.41) is 8.94. The number of benzene rings is 2. The monoisotopic (exact) mass is 344 g/mol. The molecule has 0 aliphatic heterocycles. The molecular weight excluding hydrogens is 328 g/mol. The van der Waals surface area contributed by atoms with Gasteiger partial charge < -0.3 is 10.1 Å². The first-order chi connectivity index (χ1) is 12.8. The molecule has 0 unspecified atom stereocenters. The van der Waals surface area contributed by atoms with Crippen LogP contribution in [0.5, 0.6) is 0 Å². The highest BCUT2D eigenvalue weighted by Gasteiger charge is 2.28. The Balaban J connectivity index is 1.38. The Morgan fingerprint density at radius 1 is 1.12 bits per heavy atom. The van der Waals surface area contributed by atoms with Gasteiger partial charge in [0.2, 0.25) is 5.82 Å². The molecule has 0 radical (unpaired) electrons. The van der Waals surface area contributed by atoms with Crippen LogP contribution in [0.3, 0.4) is 0 Å². The van der Waals surface area contributed by atoms with Gasteiger partial charge in [0.1, 0.15) is 12.9 Å². The second kappa shape index (κ2) is 7.11. The molecule has 3 aromatic rings. The maximum Gasteiger partial charge on any atom is 0.407 e. The number of carbonyl (C=O) groups is 1. The number of fused-ring (bicyclic) bond motifs is 3. The number of hydrogen-bond acceptors (Lipinski definition) is 4. The number of ether oxygens (including phenoxy) is 1. The Morgan fingerprint density at radius 2 is 1.81 bits per heavy atom. The predicted molar refractivity (Wildman–Crippen MR) is 96.3 cm³/mol. The number of rotatable bonds is 3. The lowest BCUT2D eigenvalue weighted by Gasteiger charge is -2.14. The number of aromatic amines is 1. The molecule has 1 aliphatic carbocycles. The number of H-pyrrole nitrogens is 1. The van der Waals surface area contributed by atoms with Crippen LogP contribution in [0.15, 0.2) is 54.9 Å². The molecule has 0 fully saturated rings. The standard InChI is InChI=1S/C20H16N4O2/c25-20(21-11-5-10-19-22-13-23-24-19)26-12-18-16-8-3-1-6-14(16)15-7-2-4-9-17(15)18/h1-4,6-9,13,18H,11-12H2,(H,21,25)(H,22,23,24). The van der Waals surface area contributed by atoms with E-state index in [0.29, 0.717) is 5.82 Å². The summed E-state index contributed by atoms with van der Waals surface area (Å²) in [5.41, 5.74) is 4.78. The van der Waals surface area contributed by atoms with Gasteiger partial charge in [-0.3, -0.25) is 5.10 Å². The highest BCUT2D eigenvalue weighted by Crippen LogP contribution is 2.44. The van der Waals surface area contributed by atoms with E-state index in [0.717, 1.165) is 0 Å². The van der Waals surface area contributed by atoms with Crippen molar-refractivity contribution in [3.05, 3.63) is 71.8 Å². The second-order valence-corrected chi connectivity index (χ2v) is 5.81. The summed E-state index contributed by atoms with van der Waals surface area (Å²) in [6, 6.07) is 16.5. The van der Waals surface area contributed by atoms with Crippen molar-refractivity contribution in [1.82, 2.24) is 20.5 Å². The number of carbonyl (C=O) groups excluding carboxylic acids is 1. The number of hydrogen-bond donors (Lipinski definition) is 2. The maximum absolute atomic E-state index is 11.9. The van der Waals surface area contributed by atoms with Gasteiger partial charge in [-0.1, -0.05) is 54.5 Å². The molecule has 1 amide bonds. The Kier molecular flexibility index (Phi) is 4.35. The molecule has 128 valence electrons. The minimum absolute atomic E-state index is 0.0495. The molecule has 1 aliphatic rings. The van der Waals surface area contributed by atoms with Crippen LogP contribution in [-0.4, -0.2) is 34.4 Å². The van der Waals surface area contributed by atoms with E-state index in [1.165, 1.54) is 28.6 Å². The molecule has 1 aromatic heterocycles. The van der Waals surface area contributed by atoms with Crippen LogP contribution in [0.25, 0.3) is 11.1 Å². The van der Waals surface area contributed by atoms with Crippen LogP contribution in [-0.2, 0) is 4.74 Å². The van der Waals surface area contributed by atoms with E-state index in [-0.39, 0.29) is 19.1 Å². The van der Waals surface area contributed by atoms with Crippen LogP contribution in [0, 0.1) is 11.8 Å². The third-order valence-electron chi connectivity index (χ3n) is 4.29. The molecule has 6 nitrogen and oxygen atoms in total. The fourth-order valence-electron chi connectivity index (χ4n) is 3.16. The molecule has 6 heteroatoms. The van der Waals surface area contributed by atoms with Crippen molar-refractivity contribution in [3.63, 3.8) is 0 Å². The zero-order valence-corrected chi connectivity index (χ0v) is 13.9. The Morgan fingerprint density at radius 3 is 2.46 bits per heavy atom. The van der Waals surface area contributed by atoms with Gasteiger partial charge in [0.25, 0.3) is 0 Å². The normalized spacial score (nSPS) is 11.8. The number of nitrogens with one attached hydrogen (secondary N) is 2. The first-order valence-corrected chi connectivity index (χ1v) is 8.26. The molecule has 0 bridgehead atoms. The third-order valence-corrected chi connectivity index (χ3v) is 4.29. The molecule has 0 atom stereocenters. The topological polar surface area (TPSA) is 79.9 Å². The molecule has 26 heavy (non-hydrogen) atoms. The Bertz CT molecular complexity index is 941. The van der Waals surface area contributed by atoms with Crippen molar-refractivity contribution in [2.45, 2.75) is 5.92 Å². The van der Waals surface area contributed by atoms with E-state index in [9.17, 15) is 4.79 Å². The minimum Gasteiger partial charge on any atom is -0.449 e. The smallest absolute Gasteiger partial charge is 0.407 e. The van der Waals surface area contributed by atoms with E-state index >= 15 is 0 Å². The SMILES string of the molecule is O=C(NCC#Cc1ncn[nH]1)OCC1c2ccccc2-c2ccccc21. The van der Waals surface area contributed by atoms with Gasteiger partial charge in [0.05, 0.1) is 6.54 Å². The van der Waals surface area contributed by atoms with Crippen LogP contribution in [0.2, 0.25) is 0 Å². The molecule has 2 aromatic carbocycles. The van der Waals surface area contributed by atoms with E-state index in [2.05, 4.69) is 56.6 Å². The van der Waals surface area contributed by atoms with Gasteiger partial charge in [-0.25, -0.2) is 9.78 Å². The molecular formula is C20H16N4O2. The lowest BCUT2D eigenvalue weighted by molar-refractivity contribution is 0.144. The zero-order chi connectivity index (χ0) is 17.8. The fourth-order valence-corrected chi connectivity index (χ4v) is 3.16. The average molecular weight is 344 g/mol. The van der Waals surface area contributed by atoms with Crippen molar-refractivity contribution < 1.29 is 9.53 Å². The first-order valence-electron chi connectivity index (χ1n) is 8.26. The summed E-state index contributed by atoms with van der Waals surface area (Å²) in [5.74, 6) is 6.04. The number of nitrogens with zero attached hydrogens (tertiary/aromatic N) is 2. The summed E-state index contributed by atoms with van der Waals surface area (Å²) in [7, 11) is 0. The minimum atomic E-state index is -0.487. The van der Waals surface area contributed by atoms with E-state index in [1.54, 1.807) is 0 Å². The summed E-state index contributed by atoms with van der Waals surface area (Å²) >= 11 is 0. The summed E-state index contributed by atoms with van der Waals surface area (Å²) in [6.07, 6.45) is 0.891. The van der Waals surface area contributed by atoms with E-state index < -0.39 is 6.09 Å². The van der Waals surface area contributed by atoms with Gasteiger partial charge in [-0.2, -0.15) is 5.10 Å². The Labute approximate surface area is 150 Å². The van der Waals surface area contributed by atoms with Crippen LogP contribution < -0.4 is 5.32 Å². The lowest BCUT2D eigenvalue weighted by atomic mass is 9.98. The zero-order valence-electron chi connectivity index (χ0n) is 13.9. The van der Waals surface area contributed by atoms with Crippen molar-refractivity contribution in [1.29, 1.82) is 0 Å². The van der Waals surface area contributed by atoms with Gasteiger partial charge in [-0.05, 0) is 28.2 Å².